The van der Waals surface area contributed by atoms with Gasteiger partial charge in [0.05, 0.1) is 17.0 Å². The summed E-state index contributed by atoms with van der Waals surface area (Å²) in [5.41, 5.74) is 0.990. The Morgan fingerprint density at radius 1 is 1.12 bits per heavy atom. The van der Waals surface area contributed by atoms with Crippen LogP contribution >= 0.6 is 0 Å². The van der Waals surface area contributed by atoms with E-state index in [1.165, 1.54) is 22.9 Å². The third kappa shape index (κ3) is 3.77. The van der Waals surface area contributed by atoms with E-state index >= 15 is 0 Å². The molecule has 2 aromatic carbocycles. The number of halogens is 3. The van der Waals surface area contributed by atoms with Gasteiger partial charge in [0.2, 0.25) is 11.8 Å². The summed E-state index contributed by atoms with van der Waals surface area (Å²) in [5, 5.41) is 13.6. The van der Waals surface area contributed by atoms with Crippen molar-refractivity contribution in [2.45, 2.75) is 18.5 Å². The number of para-hydroxylation sites is 1. The molecule has 4 aromatic rings. The zero-order chi connectivity index (χ0) is 23.2. The summed E-state index contributed by atoms with van der Waals surface area (Å²) in [4.78, 5) is 13.5. The van der Waals surface area contributed by atoms with Crippen LogP contribution in [0.5, 0.6) is 0 Å². The maximum absolute atomic E-state index is 12.9. The largest absolute Gasteiger partial charge is 0.416 e. The van der Waals surface area contributed by atoms with Gasteiger partial charge in [-0.15, -0.1) is 5.10 Å². The molecule has 33 heavy (non-hydrogen) atoms. The van der Waals surface area contributed by atoms with E-state index in [2.05, 4.69) is 21.9 Å². The van der Waals surface area contributed by atoms with Crippen LogP contribution in [0, 0.1) is 0 Å². The van der Waals surface area contributed by atoms with E-state index in [4.69, 9.17) is 4.42 Å². The van der Waals surface area contributed by atoms with Crippen LogP contribution in [-0.2, 0) is 11.0 Å². The number of fused-ring (bicyclic) bond motifs is 1. The van der Waals surface area contributed by atoms with Gasteiger partial charge in [-0.2, -0.15) is 23.0 Å². The predicted octanol–water partition coefficient (Wildman–Crippen LogP) is 4.60. The van der Waals surface area contributed by atoms with Crippen LogP contribution in [0.25, 0.3) is 28.2 Å². The molecule has 7 nitrogen and oxygen atoms in total. The highest BCUT2D eigenvalue weighted by molar-refractivity contribution is 5.94. The molecule has 2 aromatic heterocycles. The van der Waals surface area contributed by atoms with E-state index in [1.807, 2.05) is 24.3 Å². The minimum Gasteiger partial charge on any atom is -0.406 e. The summed E-state index contributed by atoms with van der Waals surface area (Å²) in [6, 6.07) is 12.3. The lowest BCUT2D eigenvalue weighted by Gasteiger charge is -2.12. The van der Waals surface area contributed by atoms with Gasteiger partial charge in [0.15, 0.2) is 0 Å². The third-order valence-electron chi connectivity index (χ3n) is 5.71. The first-order chi connectivity index (χ1) is 15.8. The monoisotopic (exact) mass is 453 g/mol. The van der Waals surface area contributed by atoms with Gasteiger partial charge in [-0.05, 0) is 30.7 Å². The van der Waals surface area contributed by atoms with Crippen molar-refractivity contribution in [3.63, 3.8) is 0 Å². The molecule has 168 valence electrons. The first kappa shape index (κ1) is 20.9. The molecule has 0 radical (unpaired) electrons. The third-order valence-corrected chi connectivity index (χ3v) is 5.71. The molecular formula is C23H18F3N5O2. The fourth-order valence-corrected chi connectivity index (χ4v) is 4.01. The van der Waals surface area contributed by atoms with Crippen molar-refractivity contribution in [1.82, 2.24) is 24.9 Å². The molecule has 1 fully saturated rings. The Balaban J connectivity index is 1.49. The van der Waals surface area contributed by atoms with Crippen molar-refractivity contribution in [3.05, 3.63) is 72.6 Å². The fourth-order valence-electron chi connectivity index (χ4n) is 4.01. The average Bonchev–Trinajstić information content (AvgIpc) is 3.56. The lowest BCUT2D eigenvalue weighted by atomic mass is 10.1. The van der Waals surface area contributed by atoms with Gasteiger partial charge in [-0.3, -0.25) is 4.79 Å². The second kappa shape index (κ2) is 7.88. The smallest absolute Gasteiger partial charge is 0.406 e. The first-order valence-electron chi connectivity index (χ1n) is 10.3. The number of amides is 1. The van der Waals surface area contributed by atoms with Crippen LogP contribution in [0.2, 0.25) is 0 Å². The second-order valence-corrected chi connectivity index (χ2v) is 7.75. The summed E-state index contributed by atoms with van der Waals surface area (Å²) < 4.78 is 46.2. The van der Waals surface area contributed by atoms with Crippen LogP contribution in [-0.4, -0.2) is 43.9 Å². The van der Waals surface area contributed by atoms with Crippen molar-refractivity contribution in [2.75, 3.05) is 13.1 Å². The van der Waals surface area contributed by atoms with Gasteiger partial charge in [-0.1, -0.05) is 42.0 Å². The lowest BCUT2D eigenvalue weighted by Crippen LogP contribution is -2.26. The van der Waals surface area contributed by atoms with Crippen LogP contribution in [0.1, 0.15) is 23.8 Å². The van der Waals surface area contributed by atoms with E-state index in [1.54, 1.807) is 4.90 Å². The summed E-state index contributed by atoms with van der Waals surface area (Å²) >= 11 is 0. The number of benzene rings is 2. The predicted molar refractivity (Wildman–Crippen MR) is 113 cm³/mol. The highest BCUT2D eigenvalue weighted by atomic mass is 19.4. The fraction of sp³-hybridized carbons (Fsp3) is 0.217. The molecule has 0 bridgehead atoms. The van der Waals surface area contributed by atoms with Gasteiger partial charge in [0.1, 0.15) is 5.69 Å². The maximum Gasteiger partial charge on any atom is 0.416 e. The molecule has 10 heteroatoms. The van der Waals surface area contributed by atoms with Crippen LogP contribution < -0.4 is 0 Å². The summed E-state index contributed by atoms with van der Waals surface area (Å²) in [6.45, 7) is 4.55. The number of carbonyl (C=O) groups is 1. The molecule has 1 aliphatic heterocycles. The quantitative estimate of drug-likeness (QED) is 0.422. The Bertz CT molecular complexity index is 1340. The topological polar surface area (TPSA) is 77.1 Å². The number of carbonyl (C=O) groups excluding carboxylic acids is 1. The zero-order valence-electron chi connectivity index (χ0n) is 17.3. The number of hydrogen-bond acceptors (Lipinski definition) is 5. The van der Waals surface area contributed by atoms with Crippen molar-refractivity contribution in [3.8, 4) is 17.3 Å². The molecular weight excluding hydrogens is 435 g/mol. The Hall–Kier alpha value is -3.95. The number of alkyl halides is 3. The molecule has 1 saturated heterocycles. The van der Waals surface area contributed by atoms with Gasteiger partial charge in [0, 0.05) is 24.0 Å². The maximum atomic E-state index is 12.9. The number of aromatic nitrogens is 4. The van der Waals surface area contributed by atoms with Crippen LogP contribution in [0.3, 0.4) is 0 Å². The van der Waals surface area contributed by atoms with Crippen molar-refractivity contribution < 1.29 is 22.4 Å². The van der Waals surface area contributed by atoms with Gasteiger partial charge in [-0.25, -0.2) is 0 Å². The minimum absolute atomic E-state index is 0.0913. The van der Waals surface area contributed by atoms with E-state index in [9.17, 15) is 18.0 Å². The van der Waals surface area contributed by atoms with Gasteiger partial charge < -0.3 is 9.32 Å². The molecule has 1 atom stereocenters. The Morgan fingerprint density at radius 3 is 2.61 bits per heavy atom. The summed E-state index contributed by atoms with van der Waals surface area (Å²) in [6.07, 6.45) is -2.44. The Labute approximate surface area is 186 Å². The SMILES string of the molecule is C=CC(=O)N1CCC(c2nnc(-n3nc(-c4ccc(C(F)(F)F)cc4)c4ccccc43)o2)C1. The van der Waals surface area contributed by atoms with Crippen molar-refractivity contribution in [2.24, 2.45) is 0 Å². The van der Waals surface area contributed by atoms with E-state index < -0.39 is 11.7 Å². The highest BCUT2D eigenvalue weighted by Gasteiger charge is 2.31. The van der Waals surface area contributed by atoms with E-state index in [-0.39, 0.29) is 17.8 Å². The number of likely N-dealkylation sites (tertiary alicyclic amines) is 1. The average molecular weight is 453 g/mol. The van der Waals surface area contributed by atoms with Crippen LogP contribution in [0.4, 0.5) is 13.2 Å². The molecule has 1 aliphatic rings. The molecule has 0 aliphatic carbocycles. The second-order valence-electron chi connectivity index (χ2n) is 7.75. The molecule has 3 heterocycles. The van der Waals surface area contributed by atoms with Gasteiger partial charge >= 0.3 is 12.2 Å². The number of nitrogens with zero attached hydrogens (tertiary/aromatic N) is 5. The minimum atomic E-state index is -4.41. The molecule has 0 spiro atoms. The molecule has 0 N–H and O–H groups in total. The summed E-state index contributed by atoms with van der Waals surface area (Å²) in [5.74, 6) is 0.169. The van der Waals surface area contributed by atoms with Gasteiger partial charge in [0.25, 0.3) is 0 Å². The normalized spacial score (nSPS) is 16.5. The zero-order valence-corrected chi connectivity index (χ0v) is 17.3. The number of rotatable bonds is 4. The molecule has 5 rings (SSSR count). The van der Waals surface area contributed by atoms with E-state index in [0.29, 0.717) is 42.2 Å². The lowest BCUT2D eigenvalue weighted by molar-refractivity contribution is -0.137. The van der Waals surface area contributed by atoms with Crippen molar-refractivity contribution >= 4 is 16.8 Å². The van der Waals surface area contributed by atoms with Crippen LogP contribution in [0.15, 0.2) is 65.6 Å². The molecule has 1 unspecified atom stereocenters. The Morgan fingerprint density at radius 2 is 1.88 bits per heavy atom. The standard InChI is InChI=1S/C23H18F3N5O2/c1-2-19(32)30-12-11-15(13-30)21-27-28-22(33-21)31-18-6-4-3-5-17(18)20(29-31)14-7-9-16(10-8-14)23(24,25)26/h2-10,15H,1,11-13H2. The molecule has 0 saturated carbocycles. The molecule has 1 amide bonds. The highest BCUT2D eigenvalue weighted by Crippen LogP contribution is 2.34. The number of hydrogen-bond donors (Lipinski definition) is 0. The summed E-state index contributed by atoms with van der Waals surface area (Å²) in [7, 11) is 0. The first-order valence-corrected chi connectivity index (χ1v) is 10.3. The Kier molecular flexibility index (Phi) is 4.99. The van der Waals surface area contributed by atoms with E-state index in [0.717, 1.165) is 17.5 Å². The van der Waals surface area contributed by atoms with Crippen molar-refractivity contribution in [1.29, 1.82) is 0 Å².